The molecule has 0 aromatic heterocycles. The third-order valence-electron chi connectivity index (χ3n) is 2.81. The zero-order valence-corrected chi connectivity index (χ0v) is 8.77. The Morgan fingerprint density at radius 3 is 3.00 bits per heavy atom. The highest BCUT2D eigenvalue weighted by atomic mass is 16.2. The normalized spacial score (nSPS) is 24.7. The number of nitrogens with one attached hydrogen (secondary N) is 1. The summed E-state index contributed by atoms with van der Waals surface area (Å²) in [5.41, 5.74) is 2.64. The van der Waals surface area contributed by atoms with Crippen LogP contribution in [0.3, 0.4) is 0 Å². The number of nitrogens with zero attached hydrogens (tertiary/aromatic N) is 3. The number of nitriles is 1. The molecule has 1 atom stereocenters. The smallest absolute Gasteiger partial charge is 0.271 e. The van der Waals surface area contributed by atoms with Gasteiger partial charge in [0.25, 0.3) is 5.91 Å². The molecule has 6 heteroatoms. The first-order chi connectivity index (χ1) is 7.72. The Labute approximate surface area is 92.9 Å². The molecule has 0 bridgehead atoms. The summed E-state index contributed by atoms with van der Waals surface area (Å²) in [5, 5.41) is 12.6. The summed E-state index contributed by atoms with van der Waals surface area (Å²) in [6, 6.07) is 1.77. The van der Waals surface area contributed by atoms with Crippen LogP contribution in [0.5, 0.6) is 0 Å². The van der Waals surface area contributed by atoms with Gasteiger partial charge in [0.2, 0.25) is 5.91 Å². The van der Waals surface area contributed by atoms with E-state index in [4.69, 9.17) is 5.26 Å². The van der Waals surface area contributed by atoms with E-state index in [9.17, 15) is 9.59 Å². The quantitative estimate of drug-likeness (QED) is 0.662. The average molecular weight is 220 g/mol. The van der Waals surface area contributed by atoms with Crippen LogP contribution in [-0.4, -0.2) is 35.0 Å². The van der Waals surface area contributed by atoms with Gasteiger partial charge in [0.15, 0.2) is 0 Å². The van der Waals surface area contributed by atoms with Crippen molar-refractivity contribution in [2.24, 2.45) is 5.10 Å². The third-order valence-corrected chi connectivity index (χ3v) is 2.81. The van der Waals surface area contributed by atoms with Crippen molar-refractivity contribution in [3.63, 3.8) is 0 Å². The number of likely N-dealkylation sites (tertiary alicyclic amines) is 1. The minimum Gasteiger partial charge on any atom is -0.322 e. The van der Waals surface area contributed by atoms with Gasteiger partial charge in [-0.05, 0) is 12.8 Å². The number of hydrogen-bond acceptors (Lipinski definition) is 4. The Hall–Kier alpha value is -1.90. The van der Waals surface area contributed by atoms with Gasteiger partial charge in [-0.15, -0.1) is 0 Å². The van der Waals surface area contributed by atoms with Gasteiger partial charge in [0.1, 0.15) is 11.8 Å². The summed E-state index contributed by atoms with van der Waals surface area (Å²) in [6.07, 6.45) is 2.22. The maximum absolute atomic E-state index is 12.0. The van der Waals surface area contributed by atoms with Crippen LogP contribution < -0.4 is 5.43 Å². The highest BCUT2D eigenvalue weighted by Crippen LogP contribution is 2.18. The summed E-state index contributed by atoms with van der Waals surface area (Å²) in [4.78, 5) is 24.4. The van der Waals surface area contributed by atoms with Crippen molar-refractivity contribution in [2.75, 3.05) is 6.54 Å². The Kier molecular flexibility index (Phi) is 2.86. The second kappa shape index (κ2) is 4.31. The van der Waals surface area contributed by atoms with Crippen LogP contribution in [0.1, 0.15) is 25.7 Å². The second-order valence-electron chi connectivity index (χ2n) is 3.88. The Bertz CT molecular complexity index is 396. The first kappa shape index (κ1) is 10.6. The molecular weight excluding hydrogens is 208 g/mol. The van der Waals surface area contributed by atoms with E-state index in [1.807, 2.05) is 0 Å². The first-order valence-corrected chi connectivity index (χ1v) is 5.28. The molecule has 2 heterocycles. The summed E-state index contributed by atoms with van der Waals surface area (Å²) in [7, 11) is 0. The second-order valence-corrected chi connectivity index (χ2v) is 3.88. The fourth-order valence-electron chi connectivity index (χ4n) is 1.94. The lowest BCUT2D eigenvalue weighted by molar-refractivity contribution is -0.124. The lowest BCUT2D eigenvalue weighted by Gasteiger charge is -2.21. The van der Waals surface area contributed by atoms with Crippen molar-refractivity contribution in [1.82, 2.24) is 10.3 Å². The zero-order valence-electron chi connectivity index (χ0n) is 8.77. The standard InChI is InChI=1S/C10H12N4O2/c11-6-7-2-1-5-14(7)10(16)8-3-4-9(15)13-12-8/h7H,1-5H2,(H,13,15). The van der Waals surface area contributed by atoms with E-state index in [1.165, 1.54) is 4.90 Å². The molecule has 0 aliphatic carbocycles. The summed E-state index contributed by atoms with van der Waals surface area (Å²) < 4.78 is 0. The SMILES string of the molecule is N#CC1CCCN1C(=O)C1=NNC(=O)CC1. The highest BCUT2D eigenvalue weighted by Gasteiger charge is 2.32. The van der Waals surface area contributed by atoms with Crippen molar-refractivity contribution in [1.29, 1.82) is 5.26 Å². The molecule has 0 aromatic carbocycles. The zero-order chi connectivity index (χ0) is 11.5. The topological polar surface area (TPSA) is 85.6 Å². The number of carbonyl (C=O) groups excluding carboxylic acids is 2. The van der Waals surface area contributed by atoms with E-state index < -0.39 is 0 Å². The van der Waals surface area contributed by atoms with Crippen LogP contribution in [0.2, 0.25) is 0 Å². The van der Waals surface area contributed by atoms with E-state index in [-0.39, 0.29) is 24.3 Å². The van der Waals surface area contributed by atoms with Crippen LogP contribution in [0.15, 0.2) is 5.10 Å². The molecule has 0 radical (unpaired) electrons. The van der Waals surface area contributed by atoms with Crippen molar-refractivity contribution >= 4 is 17.5 Å². The molecule has 16 heavy (non-hydrogen) atoms. The van der Waals surface area contributed by atoms with E-state index in [0.717, 1.165) is 12.8 Å². The molecule has 84 valence electrons. The Morgan fingerprint density at radius 2 is 2.38 bits per heavy atom. The molecule has 2 aliphatic heterocycles. The van der Waals surface area contributed by atoms with Gasteiger partial charge < -0.3 is 4.90 Å². The van der Waals surface area contributed by atoms with Crippen LogP contribution in [0, 0.1) is 11.3 Å². The maximum atomic E-state index is 12.0. The first-order valence-electron chi connectivity index (χ1n) is 5.28. The van der Waals surface area contributed by atoms with Gasteiger partial charge in [0.05, 0.1) is 6.07 Å². The van der Waals surface area contributed by atoms with E-state index >= 15 is 0 Å². The molecule has 0 saturated carbocycles. The minimum absolute atomic E-state index is 0.171. The van der Waals surface area contributed by atoms with Crippen molar-refractivity contribution < 1.29 is 9.59 Å². The Balaban J connectivity index is 2.08. The number of rotatable bonds is 1. The van der Waals surface area contributed by atoms with Crippen LogP contribution in [0.25, 0.3) is 0 Å². The summed E-state index contributed by atoms with van der Waals surface area (Å²) >= 11 is 0. The van der Waals surface area contributed by atoms with Crippen LogP contribution in [0.4, 0.5) is 0 Å². The molecule has 2 aliphatic rings. The fourth-order valence-corrected chi connectivity index (χ4v) is 1.94. The number of amides is 2. The van der Waals surface area contributed by atoms with Gasteiger partial charge in [-0.2, -0.15) is 10.4 Å². The lowest BCUT2D eigenvalue weighted by atomic mass is 10.1. The molecule has 1 unspecified atom stereocenters. The van der Waals surface area contributed by atoms with Crippen molar-refractivity contribution in [3.8, 4) is 6.07 Å². The molecule has 0 spiro atoms. The van der Waals surface area contributed by atoms with E-state index in [1.54, 1.807) is 0 Å². The maximum Gasteiger partial charge on any atom is 0.271 e. The third kappa shape index (κ3) is 1.89. The molecule has 1 saturated heterocycles. The molecule has 2 rings (SSSR count). The number of hydrazone groups is 1. The molecule has 6 nitrogen and oxygen atoms in total. The number of hydrogen-bond donors (Lipinski definition) is 1. The predicted octanol–water partition coefficient (Wildman–Crippen LogP) is -0.233. The van der Waals surface area contributed by atoms with Gasteiger partial charge in [-0.25, -0.2) is 5.43 Å². The Morgan fingerprint density at radius 1 is 1.56 bits per heavy atom. The molecule has 2 amide bonds. The van der Waals surface area contributed by atoms with Gasteiger partial charge in [0, 0.05) is 19.4 Å². The monoisotopic (exact) mass is 220 g/mol. The molecule has 1 fully saturated rings. The predicted molar refractivity (Wildman–Crippen MR) is 55.2 cm³/mol. The van der Waals surface area contributed by atoms with Crippen LogP contribution >= 0.6 is 0 Å². The van der Waals surface area contributed by atoms with E-state index in [0.29, 0.717) is 18.7 Å². The van der Waals surface area contributed by atoms with Gasteiger partial charge in [-0.1, -0.05) is 0 Å². The van der Waals surface area contributed by atoms with Gasteiger partial charge in [-0.3, -0.25) is 9.59 Å². The van der Waals surface area contributed by atoms with Crippen molar-refractivity contribution in [2.45, 2.75) is 31.7 Å². The summed E-state index contributed by atoms with van der Waals surface area (Å²) in [6.45, 7) is 0.601. The highest BCUT2D eigenvalue weighted by molar-refractivity contribution is 6.39. The largest absolute Gasteiger partial charge is 0.322 e. The minimum atomic E-state index is -0.340. The van der Waals surface area contributed by atoms with E-state index in [2.05, 4.69) is 16.6 Å². The average Bonchev–Trinajstić information content (AvgIpc) is 2.77. The fraction of sp³-hybridized carbons (Fsp3) is 0.600. The number of carbonyl (C=O) groups is 2. The van der Waals surface area contributed by atoms with Gasteiger partial charge >= 0.3 is 0 Å². The van der Waals surface area contributed by atoms with Crippen molar-refractivity contribution in [3.05, 3.63) is 0 Å². The molecular formula is C10H12N4O2. The molecule has 1 N–H and O–H groups in total. The summed E-state index contributed by atoms with van der Waals surface area (Å²) in [5.74, 6) is -0.390. The van der Waals surface area contributed by atoms with Crippen LogP contribution in [-0.2, 0) is 9.59 Å². The lowest BCUT2D eigenvalue weighted by Crippen LogP contribution is -2.42. The molecule has 0 aromatic rings.